The van der Waals surface area contributed by atoms with Gasteiger partial charge in [0.1, 0.15) is 17.3 Å². The van der Waals surface area contributed by atoms with Crippen LogP contribution in [0.4, 0.5) is 0 Å². The number of ether oxygens (including phenoxy) is 1. The van der Waals surface area contributed by atoms with Crippen LogP contribution >= 0.6 is 11.6 Å². The van der Waals surface area contributed by atoms with Gasteiger partial charge in [0.2, 0.25) is 10.0 Å². The van der Waals surface area contributed by atoms with E-state index in [9.17, 15) is 13.2 Å². The molecule has 1 aliphatic rings. The van der Waals surface area contributed by atoms with E-state index in [0.717, 1.165) is 24.2 Å². The zero-order chi connectivity index (χ0) is 21.0. The summed E-state index contributed by atoms with van der Waals surface area (Å²) < 4.78 is 32.7. The number of nitrogens with one attached hydrogen (secondary N) is 1. The first kappa shape index (κ1) is 21.6. The molecule has 1 fully saturated rings. The number of aryl methyl sites for hydroxylation is 1. The van der Waals surface area contributed by atoms with E-state index in [1.54, 1.807) is 0 Å². The van der Waals surface area contributed by atoms with Gasteiger partial charge in [-0.15, -0.1) is 0 Å². The smallest absolute Gasteiger partial charge is 0.251 e. The summed E-state index contributed by atoms with van der Waals surface area (Å²) in [6.45, 7) is 5.06. The monoisotopic (exact) mass is 436 g/mol. The molecule has 1 saturated heterocycles. The maximum absolute atomic E-state index is 12.8. The van der Waals surface area contributed by atoms with E-state index >= 15 is 0 Å². The Morgan fingerprint density at radius 3 is 2.48 bits per heavy atom. The lowest BCUT2D eigenvalue weighted by Crippen LogP contribution is -2.37. The highest BCUT2D eigenvalue weighted by molar-refractivity contribution is 7.89. The van der Waals surface area contributed by atoms with E-state index in [-0.39, 0.29) is 27.4 Å². The molecule has 156 valence electrons. The molecule has 0 radical (unpaired) electrons. The Kier molecular flexibility index (Phi) is 6.82. The number of hydrogen-bond donors (Lipinski definition) is 1. The normalized spacial score (nSPS) is 15.8. The maximum Gasteiger partial charge on any atom is 0.251 e. The van der Waals surface area contributed by atoms with Crippen molar-refractivity contribution in [3.05, 3.63) is 58.6 Å². The first-order chi connectivity index (χ1) is 13.8. The van der Waals surface area contributed by atoms with Gasteiger partial charge < -0.3 is 10.1 Å². The van der Waals surface area contributed by atoms with Gasteiger partial charge in [-0.05, 0) is 57.0 Å². The molecule has 0 saturated carbocycles. The minimum Gasteiger partial charge on any atom is -0.491 e. The third-order valence-corrected chi connectivity index (χ3v) is 7.15. The molecule has 1 amide bonds. The van der Waals surface area contributed by atoms with Crippen LogP contribution in [0.2, 0.25) is 5.02 Å². The first-order valence-electron chi connectivity index (χ1n) is 9.57. The molecular weight excluding hydrogens is 412 g/mol. The van der Waals surface area contributed by atoms with Crippen molar-refractivity contribution in [3.63, 3.8) is 0 Å². The van der Waals surface area contributed by atoms with Gasteiger partial charge in [-0.1, -0.05) is 29.3 Å². The predicted molar refractivity (Wildman–Crippen MR) is 113 cm³/mol. The van der Waals surface area contributed by atoms with E-state index in [4.69, 9.17) is 16.3 Å². The Bertz CT molecular complexity index is 971. The number of hydrogen-bond acceptors (Lipinski definition) is 4. The lowest BCUT2D eigenvalue weighted by molar-refractivity contribution is 0.0926. The molecule has 0 aromatic heterocycles. The largest absolute Gasteiger partial charge is 0.491 e. The third-order valence-electron chi connectivity index (χ3n) is 4.77. The summed E-state index contributed by atoms with van der Waals surface area (Å²) in [6.07, 6.45) is 1.66. The fourth-order valence-electron chi connectivity index (χ4n) is 3.11. The predicted octanol–water partition coefficient (Wildman–Crippen LogP) is 3.63. The zero-order valence-electron chi connectivity index (χ0n) is 16.5. The number of amides is 1. The highest BCUT2D eigenvalue weighted by Gasteiger charge is 2.29. The first-order valence-corrected chi connectivity index (χ1v) is 11.4. The van der Waals surface area contributed by atoms with Crippen molar-refractivity contribution in [2.75, 3.05) is 19.7 Å². The molecule has 2 aromatic rings. The molecule has 3 rings (SSSR count). The Balaban J connectivity index is 1.66. The topological polar surface area (TPSA) is 75.7 Å². The standard InChI is InChI=1S/C21H25ClN2O4S/c1-15-5-8-18(9-6-15)28-14-16(2)23-21(25)17-7-10-19(22)20(13-17)29(26,27)24-11-3-4-12-24/h5-10,13,16H,3-4,11-12,14H2,1-2H3,(H,23,25). The molecule has 0 bridgehead atoms. The quantitative estimate of drug-likeness (QED) is 0.719. The SMILES string of the molecule is Cc1ccc(OCC(C)NC(=O)c2ccc(Cl)c(S(=O)(=O)N3CCCC3)c2)cc1. The number of sulfonamides is 1. The van der Waals surface area contributed by atoms with Crippen LogP contribution in [0.3, 0.4) is 0 Å². The van der Waals surface area contributed by atoms with E-state index in [1.807, 2.05) is 38.1 Å². The number of nitrogens with zero attached hydrogens (tertiary/aromatic N) is 1. The van der Waals surface area contributed by atoms with Gasteiger partial charge >= 0.3 is 0 Å². The van der Waals surface area contributed by atoms with Gasteiger partial charge in [-0.25, -0.2) is 8.42 Å². The molecule has 1 N–H and O–H groups in total. The van der Waals surface area contributed by atoms with Crippen molar-refractivity contribution >= 4 is 27.5 Å². The van der Waals surface area contributed by atoms with Gasteiger partial charge in [0.05, 0.1) is 11.1 Å². The summed E-state index contributed by atoms with van der Waals surface area (Å²) in [5.74, 6) is 0.349. The number of benzene rings is 2. The summed E-state index contributed by atoms with van der Waals surface area (Å²) in [4.78, 5) is 12.6. The molecule has 0 aliphatic carbocycles. The van der Waals surface area contributed by atoms with Gasteiger partial charge in [0.15, 0.2) is 0 Å². The van der Waals surface area contributed by atoms with Gasteiger partial charge in [0, 0.05) is 18.7 Å². The molecule has 0 spiro atoms. The van der Waals surface area contributed by atoms with Crippen LogP contribution in [0.5, 0.6) is 5.75 Å². The molecule has 1 unspecified atom stereocenters. The number of halogens is 1. The Morgan fingerprint density at radius 1 is 1.17 bits per heavy atom. The second-order valence-corrected chi connectivity index (χ2v) is 9.57. The van der Waals surface area contributed by atoms with Crippen molar-refractivity contribution < 1.29 is 17.9 Å². The van der Waals surface area contributed by atoms with Crippen LogP contribution in [0, 0.1) is 6.92 Å². The molecule has 29 heavy (non-hydrogen) atoms. The molecule has 8 heteroatoms. The number of carbonyl (C=O) groups is 1. The van der Waals surface area contributed by atoms with Crippen molar-refractivity contribution in [2.24, 2.45) is 0 Å². The molecule has 1 aliphatic heterocycles. The Hall–Kier alpha value is -2.09. The highest BCUT2D eigenvalue weighted by Crippen LogP contribution is 2.28. The minimum atomic E-state index is -3.71. The van der Waals surface area contributed by atoms with Gasteiger partial charge in [-0.2, -0.15) is 4.31 Å². The molecule has 6 nitrogen and oxygen atoms in total. The minimum absolute atomic E-state index is 0.0303. The molecule has 1 atom stereocenters. The van der Waals surface area contributed by atoms with Crippen LogP contribution in [-0.2, 0) is 10.0 Å². The Labute approximate surface area is 176 Å². The van der Waals surface area contributed by atoms with Crippen molar-refractivity contribution in [3.8, 4) is 5.75 Å². The average molecular weight is 437 g/mol. The number of rotatable bonds is 7. The summed E-state index contributed by atoms with van der Waals surface area (Å²) in [6, 6.07) is 11.7. The second-order valence-electron chi connectivity index (χ2n) is 7.25. The van der Waals surface area contributed by atoms with E-state index in [0.29, 0.717) is 19.7 Å². The lowest BCUT2D eigenvalue weighted by atomic mass is 10.2. The summed E-state index contributed by atoms with van der Waals surface area (Å²) in [7, 11) is -3.71. The fraction of sp³-hybridized carbons (Fsp3) is 0.381. The van der Waals surface area contributed by atoms with Crippen molar-refractivity contribution in [1.82, 2.24) is 9.62 Å². The van der Waals surface area contributed by atoms with Crippen LogP contribution in [0.15, 0.2) is 47.4 Å². The summed E-state index contributed by atoms with van der Waals surface area (Å²) in [5.41, 5.74) is 1.38. The second kappa shape index (κ2) is 9.15. The van der Waals surface area contributed by atoms with Crippen LogP contribution in [0.1, 0.15) is 35.7 Å². The van der Waals surface area contributed by atoms with Gasteiger partial charge in [-0.3, -0.25) is 4.79 Å². The average Bonchev–Trinajstić information content (AvgIpc) is 3.23. The highest BCUT2D eigenvalue weighted by atomic mass is 35.5. The van der Waals surface area contributed by atoms with E-state index in [2.05, 4.69) is 5.32 Å². The summed E-state index contributed by atoms with van der Waals surface area (Å²) in [5, 5.41) is 2.95. The van der Waals surface area contributed by atoms with Crippen molar-refractivity contribution in [2.45, 2.75) is 37.6 Å². The molecule has 2 aromatic carbocycles. The van der Waals surface area contributed by atoms with Gasteiger partial charge in [0.25, 0.3) is 5.91 Å². The van der Waals surface area contributed by atoms with Crippen LogP contribution in [0.25, 0.3) is 0 Å². The van der Waals surface area contributed by atoms with E-state index < -0.39 is 10.0 Å². The van der Waals surface area contributed by atoms with Crippen molar-refractivity contribution in [1.29, 1.82) is 0 Å². The molecular formula is C21H25ClN2O4S. The Morgan fingerprint density at radius 2 is 1.83 bits per heavy atom. The fourth-order valence-corrected chi connectivity index (χ4v) is 5.13. The number of carbonyl (C=O) groups excluding carboxylic acids is 1. The van der Waals surface area contributed by atoms with Crippen LogP contribution < -0.4 is 10.1 Å². The maximum atomic E-state index is 12.8. The lowest BCUT2D eigenvalue weighted by Gasteiger charge is -2.18. The zero-order valence-corrected chi connectivity index (χ0v) is 18.1. The third kappa shape index (κ3) is 5.29. The van der Waals surface area contributed by atoms with E-state index in [1.165, 1.54) is 22.5 Å². The summed E-state index contributed by atoms with van der Waals surface area (Å²) >= 11 is 6.14. The van der Waals surface area contributed by atoms with Crippen LogP contribution in [-0.4, -0.2) is 44.4 Å². The molecule has 1 heterocycles.